The van der Waals surface area contributed by atoms with Gasteiger partial charge in [0.2, 0.25) is 0 Å². The summed E-state index contributed by atoms with van der Waals surface area (Å²) >= 11 is 0. The summed E-state index contributed by atoms with van der Waals surface area (Å²) in [5.74, 6) is 0. The Morgan fingerprint density at radius 3 is 2.08 bits per heavy atom. The zero-order valence-electron chi connectivity index (χ0n) is 8.01. The summed E-state index contributed by atoms with van der Waals surface area (Å²) < 4.78 is 2.51. The predicted octanol–water partition coefficient (Wildman–Crippen LogP) is 3.22. The SMILES string of the molecule is Cc1ccc(C)n1C1CCCC1. The van der Waals surface area contributed by atoms with Crippen molar-refractivity contribution >= 4 is 0 Å². The first-order chi connectivity index (χ1) is 5.79. The minimum absolute atomic E-state index is 0.806. The molecule has 0 atom stereocenters. The van der Waals surface area contributed by atoms with Gasteiger partial charge in [-0.15, -0.1) is 0 Å². The van der Waals surface area contributed by atoms with Gasteiger partial charge in [0, 0.05) is 17.4 Å². The topological polar surface area (TPSA) is 4.93 Å². The molecule has 0 radical (unpaired) electrons. The molecule has 0 saturated heterocycles. The molecular formula is C11H17N. The monoisotopic (exact) mass is 163 g/mol. The number of hydrogen-bond donors (Lipinski definition) is 0. The molecule has 1 aliphatic carbocycles. The third kappa shape index (κ3) is 1.17. The van der Waals surface area contributed by atoms with E-state index in [-0.39, 0.29) is 0 Å². The lowest BCUT2D eigenvalue weighted by molar-refractivity contribution is 0.500. The first kappa shape index (κ1) is 7.90. The van der Waals surface area contributed by atoms with E-state index in [1.165, 1.54) is 37.1 Å². The van der Waals surface area contributed by atoms with Crippen LogP contribution in [0.3, 0.4) is 0 Å². The number of aryl methyl sites for hydroxylation is 2. The average Bonchev–Trinajstić information content (AvgIpc) is 2.61. The Morgan fingerprint density at radius 2 is 1.58 bits per heavy atom. The maximum absolute atomic E-state index is 2.51. The molecule has 66 valence electrons. The highest BCUT2D eigenvalue weighted by Gasteiger charge is 2.18. The van der Waals surface area contributed by atoms with E-state index in [1.807, 2.05) is 0 Å². The van der Waals surface area contributed by atoms with Crippen LogP contribution in [0.5, 0.6) is 0 Å². The first-order valence-corrected chi connectivity index (χ1v) is 4.93. The lowest BCUT2D eigenvalue weighted by Gasteiger charge is -2.16. The fourth-order valence-corrected chi connectivity index (χ4v) is 2.42. The lowest BCUT2D eigenvalue weighted by Crippen LogP contribution is -2.07. The molecule has 0 amide bonds. The highest BCUT2D eigenvalue weighted by molar-refractivity contribution is 5.15. The molecule has 0 spiro atoms. The van der Waals surface area contributed by atoms with Crippen LogP contribution in [-0.2, 0) is 0 Å². The molecule has 0 unspecified atom stereocenters. The van der Waals surface area contributed by atoms with Gasteiger partial charge in [-0.2, -0.15) is 0 Å². The van der Waals surface area contributed by atoms with Crippen molar-refractivity contribution in [3.8, 4) is 0 Å². The third-order valence-electron chi connectivity index (χ3n) is 3.02. The van der Waals surface area contributed by atoms with Crippen LogP contribution < -0.4 is 0 Å². The molecule has 12 heavy (non-hydrogen) atoms. The van der Waals surface area contributed by atoms with Gasteiger partial charge in [0.1, 0.15) is 0 Å². The fraction of sp³-hybridized carbons (Fsp3) is 0.636. The van der Waals surface area contributed by atoms with Crippen LogP contribution in [0.25, 0.3) is 0 Å². The summed E-state index contributed by atoms with van der Waals surface area (Å²) in [6, 6.07) is 5.27. The van der Waals surface area contributed by atoms with Crippen molar-refractivity contribution in [3.05, 3.63) is 23.5 Å². The van der Waals surface area contributed by atoms with Gasteiger partial charge in [-0.05, 0) is 38.8 Å². The molecular weight excluding hydrogens is 146 g/mol. The van der Waals surface area contributed by atoms with E-state index in [1.54, 1.807) is 0 Å². The molecule has 0 N–H and O–H groups in total. The van der Waals surface area contributed by atoms with Crippen LogP contribution in [-0.4, -0.2) is 4.57 Å². The average molecular weight is 163 g/mol. The second kappa shape index (κ2) is 2.96. The Balaban J connectivity index is 2.30. The van der Waals surface area contributed by atoms with Crippen molar-refractivity contribution in [1.29, 1.82) is 0 Å². The predicted molar refractivity (Wildman–Crippen MR) is 51.4 cm³/mol. The van der Waals surface area contributed by atoms with Gasteiger partial charge in [-0.3, -0.25) is 0 Å². The molecule has 1 heteroatoms. The Bertz CT molecular complexity index is 247. The Kier molecular flexibility index (Phi) is 1.95. The molecule has 1 saturated carbocycles. The summed E-state index contributed by atoms with van der Waals surface area (Å²) in [7, 11) is 0. The van der Waals surface area contributed by atoms with E-state index in [4.69, 9.17) is 0 Å². The zero-order chi connectivity index (χ0) is 8.55. The molecule has 1 heterocycles. The molecule has 1 fully saturated rings. The van der Waals surface area contributed by atoms with Gasteiger partial charge >= 0.3 is 0 Å². The van der Waals surface area contributed by atoms with Crippen LogP contribution in [0.1, 0.15) is 43.1 Å². The Labute approximate surface area is 74.4 Å². The Hall–Kier alpha value is -0.720. The van der Waals surface area contributed by atoms with Crippen molar-refractivity contribution in [1.82, 2.24) is 4.57 Å². The maximum atomic E-state index is 2.51. The molecule has 0 aliphatic heterocycles. The fourth-order valence-electron chi connectivity index (χ4n) is 2.42. The number of nitrogens with zero attached hydrogens (tertiary/aromatic N) is 1. The summed E-state index contributed by atoms with van der Waals surface area (Å²) in [5.41, 5.74) is 2.86. The van der Waals surface area contributed by atoms with Crippen LogP contribution in [0.4, 0.5) is 0 Å². The van der Waals surface area contributed by atoms with E-state index in [2.05, 4.69) is 30.5 Å². The van der Waals surface area contributed by atoms with Crippen LogP contribution in [0, 0.1) is 13.8 Å². The molecule has 2 rings (SSSR count). The number of aromatic nitrogens is 1. The van der Waals surface area contributed by atoms with Gasteiger partial charge in [-0.1, -0.05) is 12.8 Å². The highest BCUT2D eigenvalue weighted by Crippen LogP contribution is 2.31. The largest absolute Gasteiger partial charge is 0.346 e. The van der Waals surface area contributed by atoms with Gasteiger partial charge < -0.3 is 4.57 Å². The number of rotatable bonds is 1. The second-order valence-electron chi connectivity index (χ2n) is 3.92. The standard InChI is InChI=1S/C11H17N/c1-9-7-8-10(2)12(9)11-5-3-4-6-11/h7-8,11H,3-6H2,1-2H3. The molecule has 1 aromatic heterocycles. The van der Waals surface area contributed by atoms with Crippen molar-refractivity contribution in [2.75, 3.05) is 0 Å². The molecule has 1 aromatic rings. The van der Waals surface area contributed by atoms with Gasteiger partial charge in [0.25, 0.3) is 0 Å². The minimum atomic E-state index is 0.806. The summed E-state index contributed by atoms with van der Waals surface area (Å²) in [4.78, 5) is 0. The van der Waals surface area contributed by atoms with Gasteiger partial charge in [-0.25, -0.2) is 0 Å². The summed E-state index contributed by atoms with van der Waals surface area (Å²) in [6.45, 7) is 4.43. The second-order valence-corrected chi connectivity index (χ2v) is 3.92. The van der Waals surface area contributed by atoms with E-state index in [9.17, 15) is 0 Å². The van der Waals surface area contributed by atoms with Crippen LogP contribution in [0.15, 0.2) is 12.1 Å². The van der Waals surface area contributed by atoms with Crippen LogP contribution >= 0.6 is 0 Å². The van der Waals surface area contributed by atoms with E-state index in [0.717, 1.165) is 6.04 Å². The number of hydrogen-bond acceptors (Lipinski definition) is 0. The Morgan fingerprint density at radius 1 is 1.08 bits per heavy atom. The van der Waals surface area contributed by atoms with E-state index >= 15 is 0 Å². The van der Waals surface area contributed by atoms with E-state index in [0.29, 0.717) is 0 Å². The molecule has 0 bridgehead atoms. The van der Waals surface area contributed by atoms with Crippen molar-refractivity contribution in [2.24, 2.45) is 0 Å². The lowest BCUT2D eigenvalue weighted by atomic mass is 10.2. The highest BCUT2D eigenvalue weighted by atomic mass is 15.0. The first-order valence-electron chi connectivity index (χ1n) is 4.93. The summed E-state index contributed by atoms with van der Waals surface area (Å²) in [5, 5.41) is 0. The maximum Gasteiger partial charge on any atom is 0.0335 e. The third-order valence-corrected chi connectivity index (χ3v) is 3.02. The quantitative estimate of drug-likeness (QED) is 0.599. The smallest absolute Gasteiger partial charge is 0.0335 e. The minimum Gasteiger partial charge on any atom is -0.346 e. The van der Waals surface area contributed by atoms with Gasteiger partial charge in [0.15, 0.2) is 0 Å². The molecule has 0 aromatic carbocycles. The van der Waals surface area contributed by atoms with Crippen LogP contribution in [0.2, 0.25) is 0 Å². The van der Waals surface area contributed by atoms with Crippen molar-refractivity contribution in [3.63, 3.8) is 0 Å². The van der Waals surface area contributed by atoms with Crippen molar-refractivity contribution in [2.45, 2.75) is 45.6 Å². The molecule has 1 nitrogen and oxygen atoms in total. The van der Waals surface area contributed by atoms with Crippen molar-refractivity contribution < 1.29 is 0 Å². The zero-order valence-corrected chi connectivity index (χ0v) is 8.01. The molecule has 1 aliphatic rings. The normalized spacial score (nSPS) is 18.8. The van der Waals surface area contributed by atoms with Gasteiger partial charge in [0.05, 0.1) is 0 Å². The van der Waals surface area contributed by atoms with E-state index < -0.39 is 0 Å². The summed E-state index contributed by atoms with van der Waals surface area (Å²) in [6.07, 6.45) is 5.61.